The molecule has 326 valence electrons. The van der Waals surface area contributed by atoms with Gasteiger partial charge in [-0.05, 0) is 88.9 Å². The summed E-state index contributed by atoms with van der Waals surface area (Å²) in [6.07, 6.45) is 3.87. The fraction of sp³-hybridized carbons (Fsp3) is 0.628. The summed E-state index contributed by atoms with van der Waals surface area (Å²) in [4.78, 5) is 63.1. The van der Waals surface area contributed by atoms with Crippen LogP contribution in [-0.2, 0) is 19.1 Å². The number of hydrogen-bond acceptors (Lipinski definition) is 11. The van der Waals surface area contributed by atoms with Crippen molar-refractivity contribution in [3.63, 3.8) is 0 Å². The molecule has 0 bridgehead atoms. The molecule has 60 heavy (non-hydrogen) atoms. The number of nitrogens with one attached hydrogen (secondary N) is 3. The SMILES string of the molecule is CC[C@@H]1C[C@]1(NC(=O)[C@@H]1C[C@@H](Oc2cc(-n3ccc(NC(C)C)n3)nc3c(Cl)c(OCCN(C)C)ccc23)CN1C(=O)[C@@H](NC(=O)OC1C[C@@H]2C[C@@H]2C1)C(C)(C)C)C(=O)O. The molecule has 4 N–H and O–H groups in total. The molecule has 3 heterocycles. The molecule has 2 aromatic heterocycles. The number of aliphatic carboxylic acids is 1. The van der Waals surface area contributed by atoms with Crippen LogP contribution < -0.4 is 25.4 Å². The van der Waals surface area contributed by atoms with Gasteiger partial charge in [0.2, 0.25) is 11.8 Å². The number of aromatic nitrogens is 3. The first kappa shape index (κ1) is 43.3. The summed E-state index contributed by atoms with van der Waals surface area (Å²) in [5.41, 5.74) is -1.80. The summed E-state index contributed by atoms with van der Waals surface area (Å²) in [6.45, 7) is 12.4. The molecule has 3 saturated carbocycles. The van der Waals surface area contributed by atoms with E-state index in [1.54, 1.807) is 23.0 Å². The third-order valence-electron chi connectivity index (χ3n) is 12.2. The molecule has 7 rings (SSSR count). The summed E-state index contributed by atoms with van der Waals surface area (Å²) in [5, 5.41) is 24.7. The maximum Gasteiger partial charge on any atom is 0.408 e. The van der Waals surface area contributed by atoms with Crippen molar-refractivity contribution >= 4 is 52.2 Å². The maximum absolute atomic E-state index is 14.8. The van der Waals surface area contributed by atoms with Gasteiger partial charge in [-0.3, -0.25) is 9.59 Å². The highest BCUT2D eigenvalue weighted by atomic mass is 35.5. The third-order valence-corrected chi connectivity index (χ3v) is 12.6. The predicted octanol–water partition coefficient (Wildman–Crippen LogP) is 5.49. The molecule has 4 aliphatic rings. The van der Waals surface area contributed by atoms with Gasteiger partial charge in [0.05, 0.1) is 12.1 Å². The number of anilines is 1. The number of carbonyl (C=O) groups is 4. The van der Waals surface area contributed by atoms with Crippen molar-refractivity contribution in [1.29, 1.82) is 0 Å². The average Bonchev–Trinajstić information content (AvgIpc) is 3.84. The molecule has 16 nitrogen and oxygen atoms in total. The van der Waals surface area contributed by atoms with Crippen LogP contribution in [-0.4, -0.2) is 123 Å². The number of hydrogen-bond donors (Lipinski definition) is 4. The van der Waals surface area contributed by atoms with Gasteiger partial charge >= 0.3 is 12.1 Å². The minimum atomic E-state index is -1.42. The van der Waals surface area contributed by atoms with Gasteiger partial charge in [-0.2, -0.15) is 0 Å². The molecule has 1 unspecified atom stereocenters. The summed E-state index contributed by atoms with van der Waals surface area (Å²) in [7, 11) is 3.90. The number of ether oxygens (including phenoxy) is 3. The fourth-order valence-electron chi connectivity index (χ4n) is 8.71. The minimum Gasteiger partial charge on any atom is -0.491 e. The number of pyridine rings is 1. The number of rotatable bonds is 16. The third kappa shape index (κ3) is 9.24. The topological polar surface area (TPSA) is 189 Å². The van der Waals surface area contributed by atoms with Crippen molar-refractivity contribution in [2.24, 2.45) is 23.2 Å². The van der Waals surface area contributed by atoms with Crippen LogP contribution in [0.25, 0.3) is 16.7 Å². The van der Waals surface area contributed by atoms with Crippen LogP contribution in [0.15, 0.2) is 30.5 Å². The first-order valence-electron chi connectivity index (χ1n) is 21.1. The van der Waals surface area contributed by atoms with Gasteiger partial charge in [0.1, 0.15) is 58.8 Å². The van der Waals surface area contributed by atoms with E-state index >= 15 is 0 Å². The van der Waals surface area contributed by atoms with Crippen LogP contribution >= 0.6 is 11.6 Å². The lowest BCUT2D eigenvalue weighted by Gasteiger charge is -2.35. The monoisotopic (exact) mass is 850 g/mol. The van der Waals surface area contributed by atoms with Gasteiger partial charge in [-0.1, -0.05) is 45.7 Å². The van der Waals surface area contributed by atoms with Crippen molar-refractivity contribution in [3.8, 4) is 17.3 Å². The van der Waals surface area contributed by atoms with E-state index in [1.165, 1.54) is 11.3 Å². The number of carbonyl (C=O) groups excluding carboxylic acids is 3. The zero-order valence-electron chi connectivity index (χ0n) is 35.8. The van der Waals surface area contributed by atoms with E-state index in [-0.39, 0.29) is 36.1 Å². The zero-order chi connectivity index (χ0) is 43.3. The van der Waals surface area contributed by atoms with E-state index in [9.17, 15) is 24.3 Å². The summed E-state index contributed by atoms with van der Waals surface area (Å²) in [5.74, 6) is 0.616. The normalized spacial score (nSPS) is 26.1. The highest BCUT2D eigenvalue weighted by Crippen LogP contribution is 2.52. The van der Waals surface area contributed by atoms with Crippen LogP contribution in [0.4, 0.5) is 10.6 Å². The summed E-state index contributed by atoms with van der Waals surface area (Å²) in [6, 6.07) is 5.09. The van der Waals surface area contributed by atoms with Crippen molar-refractivity contribution in [3.05, 3.63) is 35.5 Å². The Balaban J connectivity index is 1.21. The molecule has 1 aliphatic heterocycles. The van der Waals surface area contributed by atoms with Crippen LogP contribution in [0.2, 0.25) is 5.02 Å². The number of amides is 3. The van der Waals surface area contributed by atoms with Crippen molar-refractivity contribution in [2.75, 3.05) is 39.1 Å². The zero-order valence-corrected chi connectivity index (χ0v) is 36.5. The number of benzene rings is 1. The predicted molar refractivity (Wildman–Crippen MR) is 226 cm³/mol. The number of halogens is 1. The smallest absolute Gasteiger partial charge is 0.408 e. The molecule has 3 aliphatic carbocycles. The number of likely N-dealkylation sites (N-methyl/N-ethyl adjacent to an activating group) is 1. The number of likely N-dealkylation sites (tertiary alicyclic amines) is 1. The van der Waals surface area contributed by atoms with Gasteiger partial charge in [0.25, 0.3) is 0 Å². The van der Waals surface area contributed by atoms with Crippen LogP contribution in [0, 0.1) is 23.2 Å². The Hall–Kier alpha value is -4.83. The molecule has 0 radical (unpaired) electrons. The van der Waals surface area contributed by atoms with E-state index in [4.69, 9.17) is 30.8 Å². The van der Waals surface area contributed by atoms with Crippen molar-refractivity contribution in [1.82, 2.24) is 35.2 Å². The number of fused-ring (bicyclic) bond motifs is 2. The molecule has 3 amide bonds. The Bertz CT molecular complexity index is 2110. The minimum absolute atomic E-state index is 0.0354. The van der Waals surface area contributed by atoms with Gasteiger partial charge < -0.3 is 45.1 Å². The quantitative estimate of drug-likeness (QED) is 0.142. The Labute approximate surface area is 356 Å². The molecule has 1 aromatic carbocycles. The van der Waals surface area contributed by atoms with E-state index in [2.05, 4.69) is 21.0 Å². The van der Waals surface area contributed by atoms with E-state index < -0.39 is 53.0 Å². The Morgan fingerprint density at radius 2 is 1.78 bits per heavy atom. The van der Waals surface area contributed by atoms with E-state index in [0.29, 0.717) is 71.9 Å². The van der Waals surface area contributed by atoms with Gasteiger partial charge in [0, 0.05) is 42.7 Å². The maximum atomic E-state index is 14.8. The Kier molecular flexibility index (Phi) is 12.2. The van der Waals surface area contributed by atoms with Gasteiger partial charge in [-0.15, -0.1) is 5.10 Å². The second kappa shape index (κ2) is 16.9. The number of carboxylic acid groups (broad SMARTS) is 1. The molecule has 1 saturated heterocycles. The van der Waals surface area contributed by atoms with Crippen molar-refractivity contribution in [2.45, 2.75) is 116 Å². The Morgan fingerprint density at radius 3 is 2.42 bits per heavy atom. The van der Waals surface area contributed by atoms with E-state index in [0.717, 1.165) is 12.8 Å². The number of carboxylic acids is 1. The van der Waals surface area contributed by atoms with Crippen molar-refractivity contribution < 1.29 is 38.5 Å². The highest BCUT2D eigenvalue weighted by Gasteiger charge is 2.61. The van der Waals surface area contributed by atoms with Gasteiger partial charge in [0.15, 0.2) is 5.82 Å². The van der Waals surface area contributed by atoms with Gasteiger partial charge in [-0.25, -0.2) is 19.3 Å². The molecule has 4 fully saturated rings. The Morgan fingerprint density at radius 1 is 1.05 bits per heavy atom. The standard InChI is InChI=1S/C43H59ClN8O8/c1-9-26-21-43(26,40(55)56)48-38(53)30-19-28(22-51(30)39(54)37(42(4,5)6)47-41(57)60-27-17-24-16-25(24)18-27)59-32-20-34(52-13-12-33(49-52)45-23(2)3)46-36-29(32)10-11-31(35(36)44)58-15-14-50(7)8/h10-13,20,23-28,30,37H,9,14-19,21-22H2,1-8H3,(H,45,49)(H,47,57)(H,48,53)(H,55,56)/t24-,25+,26-,27?,28-,30+,37-,43-/m1/s1. The second-order valence-corrected chi connectivity index (χ2v) is 19.0. The lowest BCUT2D eigenvalue weighted by molar-refractivity contribution is -0.146. The van der Waals surface area contributed by atoms with Crippen LogP contribution in [0.5, 0.6) is 11.5 Å². The lowest BCUT2D eigenvalue weighted by atomic mass is 9.85. The molecular weight excluding hydrogens is 792 g/mol. The summed E-state index contributed by atoms with van der Waals surface area (Å²) < 4.78 is 20.2. The highest BCUT2D eigenvalue weighted by molar-refractivity contribution is 6.36. The molecule has 3 aromatic rings. The first-order chi connectivity index (χ1) is 28.4. The number of nitrogens with zero attached hydrogens (tertiary/aromatic N) is 5. The molecule has 8 atom stereocenters. The van der Waals surface area contributed by atoms with E-state index in [1.807, 2.05) is 72.7 Å². The molecular formula is C43H59ClN8O8. The number of alkyl carbamates (subject to hydrolysis) is 1. The molecule has 0 spiro atoms. The van der Waals surface area contributed by atoms with Crippen LogP contribution in [0.1, 0.15) is 80.1 Å². The largest absolute Gasteiger partial charge is 0.491 e. The van der Waals surface area contributed by atoms with Crippen LogP contribution in [0.3, 0.4) is 0 Å². The fourth-order valence-corrected chi connectivity index (χ4v) is 8.97. The lowest BCUT2D eigenvalue weighted by Crippen LogP contribution is -2.59. The second-order valence-electron chi connectivity index (χ2n) is 18.6. The molecule has 17 heteroatoms. The summed E-state index contributed by atoms with van der Waals surface area (Å²) >= 11 is 7.01. The first-order valence-corrected chi connectivity index (χ1v) is 21.5. The average molecular weight is 851 g/mol.